The Kier molecular flexibility index (Phi) is 6.19. The summed E-state index contributed by atoms with van der Waals surface area (Å²) in [5.41, 5.74) is -1.16. The van der Waals surface area contributed by atoms with Gasteiger partial charge < -0.3 is 4.74 Å². The summed E-state index contributed by atoms with van der Waals surface area (Å²) in [4.78, 5) is 25.9. The molecule has 2 bridgehead atoms. The summed E-state index contributed by atoms with van der Waals surface area (Å²) >= 11 is 0. The van der Waals surface area contributed by atoms with Crippen molar-refractivity contribution in [2.24, 2.45) is 22.7 Å². The van der Waals surface area contributed by atoms with Crippen LogP contribution < -0.4 is 0 Å². The Morgan fingerprint density at radius 2 is 1.80 bits per heavy atom. The largest absolute Gasteiger partial charge is 0.380 e. The van der Waals surface area contributed by atoms with Gasteiger partial charge in [0, 0.05) is 23.8 Å². The normalized spacial score (nSPS) is 34.7. The first-order valence-corrected chi connectivity index (χ1v) is 15.1. The monoisotopic (exact) mass is 460 g/mol. The maximum Gasteiger partial charge on any atom is 0.277 e. The highest BCUT2D eigenvalue weighted by Gasteiger charge is 2.65. The van der Waals surface area contributed by atoms with E-state index in [0.717, 1.165) is 32.1 Å². The van der Waals surface area contributed by atoms with Crippen molar-refractivity contribution >= 4 is 32.0 Å². The van der Waals surface area contributed by atoms with E-state index in [1.165, 1.54) is 6.42 Å². The van der Waals surface area contributed by atoms with E-state index < -0.39 is 25.8 Å². The van der Waals surface area contributed by atoms with E-state index in [1.54, 1.807) is 0 Å². The quantitative estimate of drug-likeness (QED) is 0.577. The van der Waals surface area contributed by atoms with Crippen LogP contribution >= 0.6 is 10.3 Å². The summed E-state index contributed by atoms with van der Waals surface area (Å²) in [6.07, 6.45) is 7.14. The minimum atomic E-state index is -3.94. The lowest BCUT2D eigenvalue weighted by Gasteiger charge is -2.43. The van der Waals surface area contributed by atoms with Crippen LogP contribution in [0.4, 0.5) is 0 Å². The van der Waals surface area contributed by atoms with E-state index >= 15 is 0 Å². The standard InChI is InChI=1S/C22H36O6S2/c1-21(2)18-8-9-22(21,20(24)14-18)16-30(25,26)28-29(12-10-27-11-13-29)15-19(23)17-6-4-3-5-7-17/h17-18H,3-16H2,1-2H3. The molecule has 6 nitrogen and oxygen atoms in total. The van der Waals surface area contributed by atoms with Gasteiger partial charge in [0.1, 0.15) is 11.6 Å². The molecule has 0 radical (unpaired) electrons. The second-order valence-corrected chi connectivity index (χ2v) is 15.4. The van der Waals surface area contributed by atoms with E-state index in [4.69, 9.17) is 8.37 Å². The van der Waals surface area contributed by atoms with Crippen molar-refractivity contribution in [2.75, 3.05) is 36.2 Å². The molecule has 172 valence electrons. The van der Waals surface area contributed by atoms with Gasteiger partial charge in [-0.2, -0.15) is 8.42 Å². The summed E-state index contributed by atoms with van der Waals surface area (Å²) in [5.74, 6) is 1.49. The Hall–Kier alpha value is -0.440. The minimum Gasteiger partial charge on any atom is -0.380 e. The molecule has 8 heteroatoms. The van der Waals surface area contributed by atoms with E-state index in [0.29, 0.717) is 37.6 Å². The summed E-state index contributed by atoms with van der Waals surface area (Å²) in [6.45, 7) is 4.93. The molecule has 0 aromatic rings. The molecule has 4 fully saturated rings. The van der Waals surface area contributed by atoms with E-state index in [9.17, 15) is 18.0 Å². The van der Waals surface area contributed by atoms with Crippen molar-refractivity contribution < 1.29 is 26.4 Å². The molecule has 2 unspecified atom stereocenters. The Morgan fingerprint density at radius 1 is 1.13 bits per heavy atom. The molecule has 3 saturated carbocycles. The van der Waals surface area contributed by atoms with Crippen LogP contribution in [0.2, 0.25) is 0 Å². The highest BCUT2D eigenvalue weighted by Crippen LogP contribution is 2.65. The van der Waals surface area contributed by atoms with Gasteiger partial charge in [-0.25, -0.2) is 3.63 Å². The highest BCUT2D eigenvalue weighted by atomic mass is 32.3. The number of fused-ring (bicyclic) bond motifs is 2. The van der Waals surface area contributed by atoms with Gasteiger partial charge in [0.2, 0.25) is 0 Å². The molecule has 0 amide bonds. The van der Waals surface area contributed by atoms with Crippen molar-refractivity contribution in [2.45, 2.75) is 65.2 Å². The smallest absolute Gasteiger partial charge is 0.277 e. The number of rotatable bonds is 7. The predicted molar refractivity (Wildman–Crippen MR) is 118 cm³/mol. The lowest BCUT2D eigenvalue weighted by Crippen LogP contribution is -2.43. The van der Waals surface area contributed by atoms with E-state index in [-0.39, 0.29) is 40.3 Å². The van der Waals surface area contributed by atoms with Gasteiger partial charge in [0.25, 0.3) is 10.1 Å². The summed E-state index contributed by atoms with van der Waals surface area (Å²) in [7, 11) is -6.03. The first-order valence-electron chi connectivity index (χ1n) is 11.4. The van der Waals surface area contributed by atoms with Crippen LogP contribution in [-0.4, -0.2) is 56.2 Å². The lowest BCUT2D eigenvalue weighted by molar-refractivity contribution is -0.128. The maximum atomic E-state index is 13.3. The van der Waals surface area contributed by atoms with Crippen LogP contribution in [-0.2, 0) is 28.1 Å². The third kappa shape index (κ3) is 4.02. The second kappa shape index (κ2) is 8.16. The SMILES string of the molecule is CC1(C)C2CCC1(CS(=O)(=O)OS1(CC(=O)C3CCCCC3)CCOCC1)C(=O)C2. The van der Waals surface area contributed by atoms with Crippen molar-refractivity contribution in [1.82, 2.24) is 0 Å². The number of ether oxygens (including phenoxy) is 1. The van der Waals surface area contributed by atoms with Crippen LogP contribution in [0.5, 0.6) is 0 Å². The van der Waals surface area contributed by atoms with Gasteiger partial charge >= 0.3 is 0 Å². The van der Waals surface area contributed by atoms with Crippen LogP contribution in [0.3, 0.4) is 0 Å². The van der Waals surface area contributed by atoms with Gasteiger partial charge in [0.05, 0.1) is 30.1 Å². The molecule has 3 aliphatic carbocycles. The van der Waals surface area contributed by atoms with Gasteiger partial charge in [-0.15, -0.1) is 10.3 Å². The Balaban J connectivity index is 1.52. The molecular weight excluding hydrogens is 424 g/mol. The first-order chi connectivity index (χ1) is 14.1. The molecule has 2 atom stereocenters. The molecule has 0 aromatic carbocycles. The van der Waals surface area contributed by atoms with Crippen molar-refractivity contribution in [3.8, 4) is 0 Å². The number of ketones is 2. The molecule has 4 aliphatic rings. The molecule has 0 spiro atoms. The average molecular weight is 461 g/mol. The third-order valence-corrected chi connectivity index (χ3v) is 13.9. The van der Waals surface area contributed by atoms with Gasteiger partial charge in [-0.05, 0) is 37.0 Å². The van der Waals surface area contributed by atoms with Crippen LogP contribution in [0.25, 0.3) is 0 Å². The molecule has 0 aromatic heterocycles. The van der Waals surface area contributed by atoms with Gasteiger partial charge in [-0.1, -0.05) is 33.1 Å². The number of carbonyl (C=O) groups is 2. The zero-order valence-corrected chi connectivity index (χ0v) is 20.0. The fourth-order valence-corrected chi connectivity index (χ4v) is 12.4. The van der Waals surface area contributed by atoms with Crippen molar-refractivity contribution in [3.63, 3.8) is 0 Å². The Bertz CT molecular complexity index is 792. The Labute approximate surface area is 182 Å². The Morgan fingerprint density at radius 3 is 2.37 bits per heavy atom. The maximum absolute atomic E-state index is 13.3. The highest BCUT2D eigenvalue weighted by molar-refractivity contribution is 8.33. The summed E-state index contributed by atoms with van der Waals surface area (Å²) < 4.78 is 38.1. The molecule has 1 heterocycles. The van der Waals surface area contributed by atoms with Gasteiger partial charge in [-0.3, -0.25) is 9.59 Å². The van der Waals surface area contributed by atoms with E-state index in [1.807, 2.05) is 13.8 Å². The van der Waals surface area contributed by atoms with Crippen LogP contribution in [0, 0.1) is 22.7 Å². The third-order valence-electron chi connectivity index (χ3n) is 8.48. The number of carbonyl (C=O) groups excluding carboxylic acids is 2. The van der Waals surface area contributed by atoms with Crippen LogP contribution in [0.15, 0.2) is 0 Å². The van der Waals surface area contributed by atoms with Gasteiger partial charge in [0.15, 0.2) is 0 Å². The topological polar surface area (TPSA) is 86.7 Å². The number of Topliss-reactive ketones (excluding diaryl/α,β-unsaturated/α-hetero) is 2. The second-order valence-electron chi connectivity index (χ2n) is 10.4. The fourth-order valence-electron chi connectivity index (χ4n) is 6.32. The lowest BCUT2D eigenvalue weighted by atomic mass is 9.70. The van der Waals surface area contributed by atoms with E-state index in [2.05, 4.69) is 0 Å². The fraction of sp³-hybridized carbons (Fsp3) is 0.909. The zero-order chi connectivity index (χ0) is 21.6. The zero-order valence-electron chi connectivity index (χ0n) is 18.3. The van der Waals surface area contributed by atoms with Crippen molar-refractivity contribution in [1.29, 1.82) is 0 Å². The molecular formula is C22H36O6S2. The summed E-state index contributed by atoms with van der Waals surface area (Å²) in [6, 6.07) is 0. The molecule has 4 rings (SSSR count). The van der Waals surface area contributed by atoms with Crippen molar-refractivity contribution in [3.05, 3.63) is 0 Å². The number of hydrogen-bond donors (Lipinski definition) is 0. The average Bonchev–Trinajstić information content (AvgIpc) is 3.02. The molecule has 1 saturated heterocycles. The first kappa shape index (κ1) is 22.7. The van der Waals surface area contributed by atoms with Crippen LogP contribution in [0.1, 0.15) is 65.2 Å². The summed E-state index contributed by atoms with van der Waals surface area (Å²) in [5, 5.41) is 0. The molecule has 30 heavy (non-hydrogen) atoms. The minimum absolute atomic E-state index is 0.0433. The molecule has 0 N–H and O–H groups in total. The molecule has 1 aliphatic heterocycles. The number of hydrogen-bond acceptors (Lipinski definition) is 6. The predicted octanol–water partition coefficient (Wildman–Crippen LogP) is 3.63.